The van der Waals surface area contributed by atoms with Crippen molar-refractivity contribution < 1.29 is 29.0 Å². The minimum atomic E-state index is -1.19. The Morgan fingerprint density at radius 3 is 1.47 bits per heavy atom. The highest BCUT2D eigenvalue weighted by Crippen LogP contribution is 2.36. The van der Waals surface area contributed by atoms with Crippen LogP contribution < -0.4 is 0 Å². The first kappa shape index (κ1) is 39.4. The molecule has 0 atom stereocenters. The molecule has 4 aromatic carbocycles. The molecule has 0 fully saturated rings. The smallest absolute Gasteiger partial charge is 0.340 e. The quantitative estimate of drug-likeness (QED) is 0.198. The minimum absolute atomic E-state index is 0. The maximum absolute atomic E-state index is 12.8. The first-order valence-corrected chi connectivity index (χ1v) is 16.0. The van der Waals surface area contributed by atoms with Gasteiger partial charge in [0.1, 0.15) is 0 Å². The maximum atomic E-state index is 12.8. The highest BCUT2D eigenvalue weighted by atomic mass is 35.5. The number of hydrogen-bond acceptors (Lipinski definition) is 5. The van der Waals surface area contributed by atoms with E-state index in [1.165, 1.54) is 19.2 Å². The van der Waals surface area contributed by atoms with Gasteiger partial charge >= 0.3 is 11.9 Å². The summed E-state index contributed by atoms with van der Waals surface area (Å²) in [5.74, 6) is -2.12. The Labute approximate surface area is 306 Å². The van der Waals surface area contributed by atoms with Crippen LogP contribution in [-0.2, 0) is 30.7 Å². The first-order chi connectivity index (χ1) is 22.5. The van der Waals surface area contributed by atoms with Crippen molar-refractivity contribution in [1.29, 1.82) is 0 Å². The molecule has 4 aromatic rings. The summed E-state index contributed by atoms with van der Waals surface area (Å²) in [5, 5.41) is 9.57. The zero-order valence-corrected chi connectivity index (χ0v) is 28.1. The molecule has 258 valence electrons. The normalized spacial score (nSPS) is 13.2. The van der Waals surface area contributed by atoms with Crippen LogP contribution in [-0.4, -0.2) is 58.9 Å². The predicted molar refractivity (Wildman–Crippen MR) is 194 cm³/mol. The van der Waals surface area contributed by atoms with Crippen molar-refractivity contribution in [2.75, 3.05) is 20.2 Å². The van der Waals surface area contributed by atoms with E-state index in [-0.39, 0.29) is 57.9 Å². The number of esters is 1. The number of rotatable bonds is 6. The summed E-state index contributed by atoms with van der Waals surface area (Å²) in [6.45, 7) is 2.03. The van der Waals surface area contributed by atoms with Crippen LogP contribution in [0.25, 0.3) is 0 Å². The molecule has 2 aliphatic heterocycles. The molecule has 0 aromatic heterocycles. The molecular formula is C37H36Cl4N2O6. The van der Waals surface area contributed by atoms with Crippen molar-refractivity contribution >= 4 is 70.2 Å². The molecule has 8 nitrogen and oxygen atoms in total. The van der Waals surface area contributed by atoms with Gasteiger partial charge in [0.2, 0.25) is 0 Å². The molecule has 0 unspecified atom stereocenters. The van der Waals surface area contributed by atoms with Gasteiger partial charge in [-0.2, -0.15) is 0 Å². The number of benzene rings is 4. The molecule has 12 heteroatoms. The van der Waals surface area contributed by atoms with Crippen LogP contribution >= 0.6 is 46.4 Å². The number of carboxylic acid groups (broad SMARTS) is 1. The second-order valence-corrected chi connectivity index (χ2v) is 12.4. The second-order valence-electron chi connectivity index (χ2n) is 10.9. The van der Waals surface area contributed by atoms with Gasteiger partial charge in [-0.05, 0) is 47.2 Å². The number of fused-ring (bicyclic) bond motifs is 2. The summed E-state index contributed by atoms with van der Waals surface area (Å²) in [7, 11) is 1.27. The first-order valence-electron chi connectivity index (χ1n) is 14.5. The van der Waals surface area contributed by atoms with Crippen molar-refractivity contribution in [2.24, 2.45) is 0 Å². The topological polar surface area (TPSA) is 104 Å². The van der Waals surface area contributed by atoms with Crippen LogP contribution in [0.2, 0.25) is 20.1 Å². The van der Waals surface area contributed by atoms with Gasteiger partial charge in [0.05, 0.1) is 38.3 Å². The van der Waals surface area contributed by atoms with Crippen molar-refractivity contribution in [3.8, 4) is 0 Å². The van der Waals surface area contributed by atoms with Gasteiger partial charge in [-0.15, -0.1) is 0 Å². The SMILES string of the molecule is C.C.COC(=O)c1c(Cl)cc2c(c1Cl)CCN(Cc1ccccc1)C2=O.O=C(O)c1c(Cl)cc2c(c1Cl)CCN(Cc1ccccc1)C2=O. The van der Waals surface area contributed by atoms with Crippen LogP contribution in [0.15, 0.2) is 72.8 Å². The number of aromatic carboxylic acids is 1. The molecule has 0 bridgehead atoms. The van der Waals surface area contributed by atoms with Crippen LogP contribution in [0.3, 0.4) is 0 Å². The van der Waals surface area contributed by atoms with Crippen molar-refractivity contribution in [1.82, 2.24) is 9.80 Å². The fourth-order valence-corrected chi connectivity index (χ4v) is 7.04. The van der Waals surface area contributed by atoms with E-state index in [1.54, 1.807) is 9.80 Å². The predicted octanol–water partition coefficient (Wildman–Crippen LogP) is 9.14. The van der Waals surface area contributed by atoms with Crippen LogP contribution in [0.4, 0.5) is 0 Å². The second kappa shape index (κ2) is 17.0. The molecule has 49 heavy (non-hydrogen) atoms. The molecule has 0 radical (unpaired) electrons. The van der Waals surface area contributed by atoms with Gasteiger partial charge in [-0.25, -0.2) is 9.59 Å². The average Bonchev–Trinajstić information content (AvgIpc) is 3.05. The fourth-order valence-electron chi connectivity index (χ4n) is 5.62. The summed E-state index contributed by atoms with van der Waals surface area (Å²) in [6.07, 6.45) is 1.07. The Hall–Kier alpha value is -4.08. The number of nitrogens with zero attached hydrogens (tertiary/aromatic N) is 2. The number of carbonyl (C=O) groups is 4. The van der Waals surface area contributed by atoms with Crippen LogP contribution in [0.5, 0.6) is 0 Å². The lowest BCUT2D eigenvalue weighted by molar-refractivity contribution is 0.0598. The standard InChI is InChI=1S/C18H15Cl2NO3.C17H13Cl2NO3.2CH4/c1-24-18(23)15-14(19)9-13-12(16(15)20)7-8-21(17(13)22)10-11-5-3-2-4-6-11;18-13-8-12-11(15(19)14(13)17(22)23)6-7-20(16(12)21)9-10-4-2-1-3-5-10;;/h2-6,9H,7-8,10H2,1H3;1-5,8H,6-7,9H2,(H,22,23);2*1H4. The van der Waals surface area contributed by atoms with E-state index in [2.05, 4.69) is 0 Å². The van der Waals surface area contributed by atoms with E-state index in [0.29, 0.717) is 61.3 Å². The van der Waals surface area contributed by atoms with E-state index in [0.717, 1.165) is 11.1 Å². The van der Waals surface area contributed by atoms with E-state index in [1.807, 2.05) is 60.7 Å². The third-order valence-corrected chi connectivity index (χ3v) is 9.40. The van der Waals surface area contributed by atoms with E-state index in [4.69, 9.17) is 51.1 Å². The van der Waals surface area contributed by atoms with Gasteiger partial charge in [0.15, 0.2) is 0 Å². The number of methoxy groups -OCH3 is 1. The van der Waals surface area contributed by atoms with Gasteiger partial charge in [0.25, 0.3) is 11.8 Å². The summed E-state index contributed by atoms with van der Waals surface area (Å²) in [6, 6.07) is 22.4. The van der Waals surface area contributed by atoms with Crippen molar-refractivity contribution in [3.63, 3.8) is 0 Å². The summed E-state index contributed by atoms with van der Waals surface area (Å²) in [5.41, 5.74) is 4.09. The molecule has 1 N–H and O–H groups in total. The average molecular weight is 747 g/mol. The van der Waals surface area contributed by atoms with Gasteiger partial charge < -0.3 is 19.6 Å². The Kier molecular flexibility index (Phi) is 13.7. The molecule has 0 aliphatic carbocycles. The lowest BCUT2D eigenvalue weighted by Crippen LogP contribution is -2.37. The van der Waals surface area contributed by atoms with Crippen molar-refractivity contribution in [3.05, 3.63) is 137 Å². The van der Waals surface area contributed by atoms with E-state index >= 15 is 0 Å². The monoisotopic (exact) mass is 744 g/mol. The summed E-state index contributed by atoms with van der Waals surface area (Å²) >= 11 is 24.6. The third kappa shape index (κ3) is 8.39. The van der Waals surface area contributed by atoms with Gasteiger partial charge in [0, 0.05) is 37.3 Å². The Bertz CT molecular complexity index is 1870. The van der Waals surface area contributed by atoms with Crippen LogP contribution in [0.1, 0.15) is 78.5 Å². The van der Waals surface area contributed by atoms with Gasteiger partial charge in [-0.3, -0.25) is 9.59 Å². The molecule has 2 aliphatic rings. The third-order valence-electron chi connectivity index (χ3n) is 7.97. The van der Waals surface area contributed by atoms with Crippen molar-refractivity contribution in [2.45, 2.75) is 40.8 Å². The lowest BCUT2D eigenvalue weighted by Gasteiger charge is -2.30. The zero-order valence-electron chi connectivity index (χ0n) is 25.1. The molecule has 0 saturated heterocycles. The zero-order chi connectivity index (χ0) is 33.8. The maximum Gasteiger partial charge on any atom is 0.340 e. The number of halogens is 4. The number of carboxylic acids is 1. The highest BCUT2D eigenvalue weighted by Gasteiger charge is 2.32. The number of ether oxygens (including phenoxy) is 1. The molecule has 6 rings (SSSR count). The molecule has 2 amide bonds. The Balaban J connectivity index is 0.000000255. The Morgan fingerprint density at radius 1 is 0.694 bits per heavy atom. The molecule has 0 spiro atoms. The molecule has 2 heterocycles. The Morgan fingerprint density at radius 2 is 1.08 bits per heavy atom. The number of carbonyl (C=O) groups excluding carboxylic acids is 3. The van der Waals surface area contributed by atoms with E-state index in [9.17, 15) is 24.3 Å². The van der Waals surface area contributed by atoms with E-state index < -0.39 is 11.9 Å². The minimum Gasteiger partial charge on any atom is -0.478 e. The largest absolute Gasteiger partial charge is 0.478 e. The van der Waals surface area contributed by atoms with Crippen LogP contribution in [0, 0.1) is 0 Å². The highest BCUT2D eigenvalue weighted by molar-refractivity contribution is 6.41. The molecule has 0 saturated carbocycles. The molecular weight excluding hydrogens is 710 g/mol. The summed E-state index contributed by atoms with van der Waals surface area (Å²) < 4.78 is 4.71. The van der Waals surface area contributed by atoms with Gasteiger partial charge in [-0.1, -0.05) is 122 Å². The number of amides is 2. The lowest BCUT2D eigenvalue weighted by atomic mass is 9.95. The fraction of sp³-hybridized carbons (Fsp3) is 0.243. The summed E-state index contributed by atoms with van der Waals surface area (Å²) in [4.78, 5) is 52.0. The number of hydrogen-bond donors (Lipinski definition) is 1.